The molecule has 2 aromatic rings. The summed E-state index contributed by atoms with van der Waals surface area (Å²) in [6.45, 7) is 0.645. The Morgan fingerprint density at radius 3 is 2.64 bits per heavy atom. The van der Waals surface area contributed by atoms with Gasteiger partial charge in [-0.1, -0.05) is 0 Å². The summed E-state index contributed by atoms with van der Waals surface area (Å²) in [5, 5.41) is 5.58. The normalized spacial score (nSPS) is 10.1. The number of aromatic nitrogens is 1. The van der Waals surface area contributed by atoms with Crippen molar-refractivity contribution in [3.05, 3.63) is 48.3 Å². The Morgan fingerprint density at radius 1 is 1.18 bits per heavy atom. The van der Waals surface area contributed by atoms with Crippen molar-refractivity contribution < 1.29 is 14.3 Å². The lowest BCUT2D eigenvalue weighted by molar-refractivity contribution is -0.115. The minimum Gasteiger partial charge on any atom is -0.493 e. The van der Waals surface area contributed by atoms with E-state index in [2.05, 4.69) is 15.6 Å². The summed E-state index contributed by atoms with van der Waals surface area (Å²) in [5.41, 5.74) is 1.66. The number of methoxy groups -OCH3 is 1. The van der Waals surface area contributed by atoms with Crippen molar-refractivity contribution in [1.29, 1.82) is 0 Å². The van der Waals surface area contributed by atoms with Gasteiger partial charge in [-0.25, -0.2) is 0 Å². The standard InChI is InChI=1S/C16H19N3O3/c1-17-10-16(20)19-13-3-4-14(21-2)15(9-13)22-11-12-5-7-18-8-6-12/h3-9,17H,10-11H2,1-2H3,(H,19,20). The topological polar surface area (TPSA) is 72.5 Å². The monoisotopic (exact) mass is 301 g/mol. The van der Waals surface area contributed by atoms with Crippen LogP contribution in [0.4, 0.5) is 5.69 Å². The lowest BCUT2D eigenvalue weighted by atomic mass is 10.2. The average molecular weight is 301 g/mol. The zero-order valence-corrected chi connectivity index (χ0v) is 12.6. The molecule has 0 fully saturated rings. The smallest absolute Gasteiger partial charge is 0.238 e. The molecule has 22 heavy (non-hydrogen) atoms. The van der Waals surface area contributed by atoms with Crippen molar-refractivity contribution in [2.75, 3.05) is 26.0 Å². The molecule has 1 amide bonds. The lowest BCUT2D eigenvalue weighted by Crippen LogP contribution is -2.25. The number of carbonyl (C=O) groups is 1. The van der Waals surface area contributed by atoms with Crippen molar-refractivity contribution in [2.45, 2.75) is 6.61 Å². The van der Waals surface area contributed by atoms with E-state index in [1.54, 1.807) is 44.8 Å². The number of pyridine rings is 1. The SMILES string of the molecule is CNCC(=O)Nc1ccc(OC)c(OCc2ccncc2)c1. The molecule has 0 bridgehead atoms. The summed E-state index contributed by atoms with van der Waals surface area (Å²) >= 11 is 0. The van der Waals surface area contributed by atoms with Crippen LogP contribution in [0, 0.1) is 0 Å². The molecule has 0 saturated heterocycles. The summed E-state index contributed by atoms with van der Waals surface area (Å²) in [6.07, 6.45) is 3.43. The van der Waals surface area contributed by atoms with Crippen LogP contribution in [0.1, 0.15) is 5.56 Å². The van der Waals surface area contributed by atoms with Crippen LogP contribution in [-0.4, -0.2) is 31.6 Å². The number of nitrogens with zero attached hydrogens (tertiary/aromatic N) is 1. The number of ether oxygens (including phenoxy) is 2. The summed E-state index contributed by atoms with van der Waals surface area (Å²) in [7, 11) is 3.30. The zero-order valence-electron chi connectivity index (χ0n) is 12.6. The molecule has 0 saturated carbocycles. The average Bonchev–Trinajstić information content (AvgIpc) is 2.54. The second-order valence-corrected chi connectivity index (χ2v) is 4.59. The maximum absolute atomic E-state index is 11.6. The Morgan fingerprint density at radius 2 is 1.95 bits per heavy atom. The summed E-state index contributed by atoms with van der Waals surface area (Å²) in [6, 6.07) is 9.03. The second-order valence-electron chi connectivity index (χ2n) is 4.59. The van der Waals surface area contributed by atoms with E-state index in [4.69, 9.17) is 9.47 Å². The van der Waals surface area contributed by atoms with E-state index in [0.29, 0.717) is 23.8 Å². The van der Waals surface area contributed by atoms with Crippen LogP contribution in [0.15, 0.2) is 42.7 Å². The number of benzene rings is 1. The van der Waals surface area contributed by atoms with Crippen LogP contribution >= 0.6 is 0 Å². The highest BCUT2D eigenvalue weighted by Crippen LogP contribution is 2.30. The number of anilines is 1. The molecular formula is C16H19N3O3. The van der Waals surface area contributed by atoms with Crippen molar-refractivity contribution >= 4 is 11.6 Å². The van der Waals surface area contributed by atoms with Crippen molar-refractivity contribution in [3.8, 4) is 11.5 Å². The predicted molar refractivity (Wildman–Crippen MR) is 84.1 cm³/mol. The zero-order chi connectivity index (χ0) is 15.8. The Labute approximate surface area is 129 Å². The third kappa shape index (κ3) is 4.46. The number of rotatable bonds is 7. The van der Waals surface area contributed by atoms with Crippen LogP contribution in [0.25, 0.3) is 0 Å². The van der Waals surface area contributed by atoms with E-state index in [1.165, 1.54) is 0 Å². The molecule has 6 heteroatoms. The number of amides is 1. The lowest BCUT2D eigenvalue weighted by Gasteiger charge is -2.13. The molecule has 0 aliphatic heterocycles. The van der Waals surface area contributed by atoms with E-state index < -0.39 is 0 Å². The van der Waals surface area contributed by atoms with Crippen LogP contribution in [-0.2, 0) is 11.4 Å². The van der Waals surface area contributed by atoms with Crippen molar-refractivity contribution in [2.24, 2.45) is 0 Å². The highest BCUT2D eigenvalue weighted by molar-refractivity contribution is 5.92. The van der Waals surface area contributed by atoms with Gasteiger partial charge in [-0.15, -0.1) is 0 Å². The van der Waals surface area contributed by atoms with E-state index >= 15 is 0 Å². The minimum absolute atomic E-state index is 0.118. The minimum atomic E-state index is -0.118. The van der Waals surface area contributed by atoms with Gasteiger partial charge in [-0.3, -0.25) is 9.78 Å². The van der Waals surface area contributed by atoms with Gasteiger partial charge in [0, 0.05) is 24.1 Å². The molecule has 0 radical (unpaired) electrons. The van der Waals surface area contributed by atoms with Crippen molar-refractivity contribution in [1.82, 2.24) is 10.3 Å². The molecule has 0 unspecified atom stereocenters. The first-order valence-electron chi connectivity index (χ1n) is 6.87. The van der Waals surface area contributed by atoms with Crippen LogP contribution in [0.3, 0.4) is 0 Å². The van der Waals surface area contributed by atoms with Gasteiger partial charge in [-0.2, -0.15) is 0 Å². The first-order chi connectivity index (χ1) is 10.7. The van der Waals surface area contributed by atoms with Gasteiger partial charge >= 0.3 is 0 Å². The third-order valence-corrected chi connectivity index (χ3v) is 2.93. The molecule has 1 aromatic heterocycles. The number of likely N-dealkylation sites (N-methyl/N-ethyl adjacent to an activating group) is 1. The number of hydrogen-bond donors (Lipinski definition) is 2. The molecule has 0 aliphatic rings. The Balaban J connectivity index is 2.09. The van der Waals surface area contributed by atoms with E-state index in [0.717, 1.165) is 5.56 Å². The Bertz CT molecular complexity index is 617. The van der Waals surface area contributed by atoms with Gasteiger partial charge in [0.1, 0.15) is 6.61 Å². The molecule has 2 N–H and O–H groups in total. The summed E-state index contributed by atoms with van der Waals surface area (Å²) in [4.78, 5) is 15.6. The molecule has 2 rings (SSSR count). The third-order valence-electron chi connectivity index (χ3n) is 2.93. The number of nitrogens with one attached hydrogen (secondary N) is 2. The fourth-order valence-corrected chi connectivity index (χ4v) is 1.87. The maximum Gasteiger partial charge on any atom is 0.238 e. The van der Waals surface area contributed by atoms with E-state index in [9.17, 15) is 4.79 Å². The van der Waals surface area contributed by atoms with Gasteiger partial charge < -0.3 is 20.1 Å². The first kappa shape index (κ1) is 15.8. The van der Waals surface area contributed by atoms with E-state index in [-0.39, 0.29) is 12.5 Å². The van der Waals surface area contributed by atoms with Gasteiger partial charge in [0.15, 0.2) is 11.5 Å². The number of carbonyl (C=O) groups excluding carboxylic acids is 1. The van der Waals surface area contributed by atoms with Crippen LogP contribution in [0.2, 0.25) is 0 Å². The Kier molecular flexibility index (Phi) is 5.73. The molecule has 0 aliphatic carbocycles. The maximum atomic E-state index is 11.6. The van der Waals surface area contributed by atoms with E-state index in [1.807, 2.05) is 12.1 Å². The quantitative estimate of drug-likeness (QED) is 0.816. The second kappa shape index (κ2) is 7.99. The summed E-state index contributed by atoms with van der Waals surface area (Å²) < 4.78 is 11.1. The molecule has 6 nitrogen and oxygen atoms in total. The number of hydrogen-bond acceptors (Lipinski definition) is 5. The molecule has 116 valence electrons. The molecule has 0 spiro atoms. The fraction of sp³-hybridized carbons (Fsp3) is 0.250. The summed E-state index contributed by atoms with van der Waals surface area (Å²) in [5.74, 6) is 1.06. The fourth-order valence-electron chi connectivity index (χ4n) is 1.87. The van der Waals surface area contributed by atoms with Gasteiger partial charge in [-0.05, 0) is 36.9 Å². The van der Waals surface area contributed by atoms with Gasteiger partial charge in [0.25, 0.3) is 0 Å². The highest BCUT2D eigenvalue weighted by atomic mass is 16.5. The van der Waals surface area contributed by atoms with Gasteiger partial charge in [0.05, 0.1) is 13.7 Å². The van der Waals surface area contributed by atoms with Crippen molar-refractivity contribution in [3.63, 3.8) is 0 Å². The molecule has 1 aromatic carbocycles. The predicted octanol–water partition coefficient (Wildman–Crippen LogP) is 1.83. The van der Waals surface area contributed by atoms with Gasteiger partial charge in [0.2, 0.25) is 5.91 Å². The largest absolute Gasteiger partial charge is 0.493 e. The van der Waals surface area contributed by atoms with Crippen LogP contribution < -0.4 is 20.1 Å². The first-order valence-corrected chi connectivity index (χ1v) is 6.87. The molecule has 0 atom stereocenters. The highest BCUT2D eigenvalue weighted by Gasteiger charge is 2.08. The molecule has 1 heterocycles. The van der Waals surface area contributed by atoms with Crippen LogP contribution in [0.5, 0.6) is 11.5 Å². The Hall–Kier alpha value is -2.60. The molecular weight excluding hydrogens is 282 g/mol.